The second kappa shape index (κ2) is 9.19. The molecule has 6 rings (SSSR count). The standard InChI is InChI=1S/C31H31FN2O/c1-19(31(35)12-21-5-8-27(34-18-21)7-4-20-2-3-20)22-13-23-15-25(16-24(23)14-22)28-10-11-33-30-9-6-26(32)17-29(28)30/h5-6,8-11,17-20,22-25H,2-3,12-16H2,1H3/t19?,22?,23-,24+,25?. The molecule has 0 N–H and O–H groups in total. The molecule has 35 heavy (non-hydrogen) atoms. The molecule has 5 atom stereocenters. The Balaban J connectivity index is 1.07. The zero-order valence-electron chi connectivity index (χ0n) is 20.2. The Labute approximate surface area is 206 Å². The number of hydrogen-bond acceptors (Lipinski definition) is 3. The normalized spacial score (nSPS) is 26.2. The molecule has 178 valence electrons. The number of nitrogens with zero attached hydrogens (tertiary/aromatic N) is 2. The summed E-state index contributed by atoms with van der Waals surface area (Å²) in [5, 5.41) is 0.954. The third-order valence-corrected chi connectivity index (χ3v) is 8.63. The first kappa shape index (κ1) is 22.4. The third kappa shape index (κ3) is 4.74. The van der Waals surface area contributed by atoms with Crippen LogP contribution in [0.15, 0.2) is 48.8 Å². The van der Waals surface area contributed by atoms with Crippen LogP contribution in [0.3, 0.4) is 0 Å². The lowest BCUT2D eigenvalue weighted by atomic mass is 9.83. The molecule has 1 aromatic carbocycles. The third-order valence-electron chi connectivity index (χ3n) is 8.63. The van der Waals surface area contributed by atoms with E-state index < -0.39 is 0 Å². The minimum absolute atomic E-state index is 0.0734. The van der Waals surface area contributed by atoms with Crippen molar-refractivity contribution in [1.82, 2.24) is 9.97 Å². The van der Waals surface area contributed by atoms with E-state index in [1.165, 1.54) is 24.5 Å². The van der Waals surface area contributed by atoms with Crippen LogP contribution < -0.4 is 0 Å². The summed E-state index contributed by atoms with van der Waals surface area (Å²) in [6.45, 7) is 2.12. The van der Waals surface area contributed by atoms with Gasteiger partial charge in [-0.05, 0) is 110 Å². The zero-order chi connectivity index (χ0) is 23.9. The van der Waals surface area contributed by atoms with E-state index >= 15 is 0 Å². The minimum atomic E-state index is -0.201. The van der Waals surface area contributed by atoms with Gasteiger partial charge in [-0.25, -0.2) is 9.37 Å². The highest BCUT2D eigenvalue weighted by Gasteiger charge is 2.44. The van der Waals surface area contributed by atoms with Gasteiger partial charge in [-0.3, -0.25) is 9.78 Å². The quantitative estimate of drug-likeness (QED) is 0.403. The van der Waals surface area contributed by atoms with Gasteiger partial charge >= 0.3 is 0 Å². The molecule has 3 fully saturated rings. The predicted octanol–water partition coefficient (Wildman–Crippen LogP) is 6.50. The van der Waals surface area contributed by atoms with Gasteiger partial charge < -0.3 is 0 Å². The van der Waals surface area contributed by atoms with Gasteiger partial charge in [0.15, 0.2) is 0 Å². The molecule has 0 spiro atoms. The zero-order valence-corrected chi connectivity index (χ0v) is 20.2. The van der Waals surface area contributed by atoms with Gasteiger partial charge in [-0.2, -0.15) is 0 Å². The van der Waals surface area contributed by atoms with E-state index in [0.29, 0.717) is 41.8 Å². The minimum Gasteiger partial charge on any atom is -0.299 e. The number of benzene rings is 1. The molecule has 3 unspecified atom stereocenters. The lowest BCUT2D eigenvalue weighted by Crippen LogP contribution is -2.22. The topological polar surface area (TPSA) is 42.9 Å². The van der Waals surface area contributed by atoms with Crippen molar-refractivity contribution < 1.29 is 9.18 Å². The first-order valence-corrected chi connectivity index (χ1v) is 13.1. The van der Waals surface area contributed by atoms with E-state index in [1.807, 2.05) is 24.5 Å². The van der Waals surface area contributed by atoms with Crippen LogP contribution in [0.4, 0.5) is 4.39 Å². The van der Waals surface area contributed by atoms with E-state index in [4.69, 9.17) is 0 Å². The van der Waals surface area contributed by atoms with Crippen LogP contribution in [0.5, 0.6) is 0 Å². The highest BCUT2D eigenvalue weighted by atomic mass is 19.1. The van der Waals surface area contributed by atoms with Crippen molar-refractivity contribution in [3.8, 4) is 11.8 Å². The van der Waals surface area contributed by atoms with Gasteiger partial charge in [0.25, 0.3) is 0 Å². The number of Topliss-reactive ketones (excluding diaryl/α,β-unsaturated/α-hetero) is 1. The largest absolute Gasteiger partial charge is 0.299 e. The second-order valence-corrected chi connectivity index (χ2v) is 11.0. The van der Waals surface area contributed by atoms with Crippen molar-refractivity contribution in [3.05, 3.63) is 71.4 Å². The summed E-state index contributed by atoms with van der Waals surface area (Å²) in [7, 11) is 0. The number of rotatable bonds is 5. The van der Waals surface area contributed by atoms with E-state index in [0.717, 1.165) is 47.8 Å². The molecule has 0 amide bonds. The molecule has 0 radical (unpaired) electrons. The van der Waals surface area contributed by atoms with Gasteiger partial charge in [0.05, 0.1) is 5.52 Å². The molecule has 2 heterocycles. The molecule has 0 aliphatic heterocycles. The summed E-state index contributed by atoms with van der Waals surface area (Å²) in [5.41, 5.74) is 3.88. The van der Waals surface area contributed by atoms with Crippen molar-refractivity contribution >= 4 is 16.7 Å². The number of aromatic nitrogens is 2. The van der Waals surface area contributed by atoms with Gasteiger partial charge in [0, 0.05) is 36.0 Å². The predicted molar refractivity (Wildman–Crippen MR) is 135 cm³/mol. The summed E-state index contributed by atoms with van der Waals surface area (Å²) in [5.74, 6) is 9.35. The molecule has 3 saturated carbocycles. The molecule has 3 aliphatic rings. The Morgan fingerprint density at radius 1 is 1.06 bits per heavy atom. The van der Waals surface area contributed by atoms with Crippen LogP contribution in [0, 0.1) is 47.2 Å². The van der Waals surface area contributed by atoms with Crippen molar-refractivity contribution in [2.24, 2.45) is 29.6 Å². The summed E-state index contributed by atoms with van der Waals surface area (Å²) < 4.78 is 13.9. The molecule has 4 heteroatoms. The molecule has 0 bridgehead atoms. The number of ketones is 1. The highest BCUT2D eigenvalue weighted by Crippen LogP contribution is 2.54. The van der Waals surface area contributed by atoms with E-state index in [9.17, 15) is 9.18 Å². The number of halogens is 1. The molecule has 0 saturated heterocycles. The smallest absolute Gasteiger partial charge is 0.140 e. The fourth-order valence-electron chi connectivity index (χ4n) is 6.45. The summed E-state index contributed by atoms with van der Waals surface area (Å²) in [6.07, 6.45) is 11.1. The van der Waals surface area contributed by atoms with Crippen molar-refractivity contribution in [3.63, 3.8) is 0 Å². The maximum atomic E-state index is 13.9. The number of fused-ring (bicyclic) bond motifs is 2. The molecule has 3 nitrogen and oxygen atoms in total. The maximum absolute atomic E-state index is 13.9. The fourth-order valence-corrected chi connectivity index (χ4v) is 6.45. The van der Waals surface area contributed by atoms with E-state index in [1.54, 1.807) is 12.1 Å². The molecule has 3 aromatic rings. The average molecular weight is 467 g/mol. The van der Waals surface area contributed by atoms with Crippen molar-refractivity contribution in [1.29, 1.82) is 0 Å². The van der Waals surface area contributed by atoms with Gasteiger partial charge in [0.2, 0.25) is 0 Å². The fraction of sp³-hybridized carbons (Fsp3) is 0.452. The van der Waals surface area contributed by atoms with E-state index in [-0.39, 0.29) is 11.7 Å². The van der Waals surface area contributed by atoms with Crippen LogP contribution in [0.25, 0.3) is 10.9 Å². The van der Waals surface area contributed by atoms with Crippen LogP contribution in [0.1, 0.15) is 68.2 Å². The number of carbonyl (C=O) groups excluding carboxylic acids is 1. The summed E-state index contributed by atoms with van der Waals surface area (Å²) in [4.78, 5) is 22.0. The second-order valence-electron chi connectivity index (χ2n) is 11.0. The molecule has 2 aromatic heterocycles. The SMILES string of the molecule is CC(C(=O)Cc1ccc(C#CC2CC2)nc1)C1C[C@H]2CC(c3ccnc4ccc(F)cc34)C[C@H]2C1. The Bertz CT molecular complexity index is 1300. The van der Waals surface area contributed by atoms with Crippen molar-refractivity contribution in [2.45, 2.75) is 57.8 Å². The average Bonchev–Trinajstić information content (AvgIpc) is 3.49. The number of carbonyl (C=O) groups is 1. The lowest BCUT2D eigenvalue weighted by molar-refractivity contribution is -0.123. The monoisotopic (exact) mass is 466 g/mol. The molecular formula is C31H31FN2O. The van der Waals surface area contributed by atoms with E-state index in [2.05, 4.69) is 34.8 Å². The lowest BCUT2D eigenvalue weighted by Gasteiger charge is -2.21. The highest BCUT2D eigenvalue weighted by molar-refractivity contribution is 5.83. The molecule has 3 aliphatic carbocycles. The Morgan fingerprint density at radius 2 is 1.86 bits per heavy atom. The Hall–Kier alpha value is -3.06. The van der Waals surface area contributed by atoms with Gasteiger partial charge in [-0.15, -0.1) is 0 Å². The number of pyridine rings is 2. The first-order chi connectivity index (χ1) is 17.0. The van der Waals surface area contributed by atoms with Crippen LogP contribution in [-0.4, -0.2) is 15.8 Å². The van der Waals surface area contributed by atoms with Gasteiger partial charge in [0.1, 0.15) is 17.3 Å². The molecular weight excluding hydrogens is 435 g/mol. The van der Waals surface area contributed by atoms with Crippen molar-refractivity contribution in [2.75, 3.05) is 0 Å². The van der Waals surface area contributed by atoms with Crippen LogP contribution in [0.2, 0.25) is 0 Å². The van der Waals surface area contributed by atoms with Crippen LogP contribution >= 0.6 is 0 Å². The van der Waals surface area contributed by atoms with Gasteiger partial charge in [-0.1, -0.05) is 18.9 Å². The number of hydrogen-bond donors (Lipinski definition) is 0. The first-order valence-electron chi connectivity index (χ1n) is 13.1. The summed E-state index contributed by atoms with van der Waals surface area (Å²) in [6, 6.07) is 10.9. The summed E-state index contributed by atoms with van der Waals surface area (Å²) >= 11 is 0. The van der Waals surface area contributed by atoms with Crippen LogP contribution in [-0.2, 0) is 11.2 Å². The Kier molecular flexibility index (Phi) is 5.88. The maximum Gasteiger partial charge on any atom is 0.140 e. The Morgan fingerprint density at radius 3 is 2.57 bits per heavy atom.